The van der Waals surface area contributed by atoms with Crippen LogP contribution < -0.4 is 5.32 Å². The van der Waals surface area contributed by atoms with Gasteiger partial charge in [0.25, 0.3) is 0 Å². The minimum Gasteiger partial charge on any atom is -0.748 e. The Bertz CT molecular complexity index is 879. The highest BCUT2D eigenvalue weighted by atomic mass is 32.2. The fourth-order valence-electron chi connectivity index (χ4n) is 9.29. The molecule has 10 atom stereocenters. The van der Waals surface area contributed by atoms with Crippen LogP contribution in [0.1, 0.15) is 91.4 Å². The summed E-state index contributed by atoms with van der Waals surface area (Å²) in [4.78, 5) is 12.3. The van der Waals surface area contributed by atoms with Gasteiger partial charge in [-0.1, -0.05) is 20.8 Å². The highest BCUT2D eigenvalue weighted by molar-refractivity contribution is 7.85. The summed E-state index contributed by atoms with van der Waals surface area (Å²) < 4.78 is 32.1. The van der Waals surface area contributed by atoms with E-state index in [1.807, 2.05) is 0 Å². The number of aliphatic hydroxyl groups is 2. The maximum atomic E-state index is 12.3. The van der Waals surface area contributed by atoms with E-state index >= 15 is 0 Å². The van der Waals surface area contributed by atoms with E-state index in [0.29, 0.717) is 41.9 Å². The summed E-state index contributed by atoms with van der Waals surface area (Å²) >= 11 is 0. The second-order valence-corrected chi connectivity index (χ2v) is 14.4. The Morgan fingerprint density at radius 3 is 2.54 bits per heavy atom. The molecule has 0 bridgehead atoms. The van der Waals surface area contributed by atoms with Crippen LogP contribution in [-0.2, 0) is 14.9 Å². The number of aliphatic hydroxyl groups excluding tert-OH is 2. The topological polar surface area (TPSA) is 127 Å². The molecule has 1 amide bonds. The van der Waals surface area contributed by atoms with E-state index < -0.39 is 15.9 Å². The van der Waals surface area contributed by atoms with Crippen molar-refractivity contribution in [3.05, 3.63) is 0 Å². The standard InChI is InChI=1S/C27H47NO6S/c1-17(5-10-25(31)28-13-4-14-35(32,33)34)21-8-9-22-20-7-6-18-15-19(29)11-12-26(18,2)23(20)16-24(30)27(21,22)3/h17-24,29-30H,4-16H2,1-3H3,(H,28,31)(H,32,33,34)/p-1/t17-,18-,19-,20+,21-,22+,23+,24+,26+,27-/m1/s1. The molecule has 4 aliphatic rings. The molecule has 0 aromatic rings. The molecule has 4 rings (SSSR count). The fourth-order valence-corrected chi connectivity index (χ4v) is 9.78. The number of amides is 1. The zero-order chi connectivity index (χ0) is 25.6. The van der Waals surface area contributed by atoms with Crippen molar-refractivity contribution in [2.45, 2.75) is 104 Å². The number of hydrogen-bond donors (Lipinski definition) is 3. The van der Waals surface area contributed by atoms with Crippen LogP contribution in [0.25, 0.3) is 0 Å². The first-order chi connectivity index (χ1) is 16.4. The third-order valence-corrected chi connectivity index (χ3v) is 12.0. The van der Waals surface area contributed by atoms with E-state index in [2.05, 4.69) is 26.1 Å². The van der Waals surface area contributed by atoms with Crippen molar-refractivity contribution >= 4 is 16.0 Å². The highest BCUT2D eigenvalue weighted by Gasteiger charge is 2.63. The largest absolute Gasteiger partial charge is 0.748 e. The van der Waals surface area contributed by atoms with Crippen molar-refractivity contribution in [2.75, 3.05) is 12.3 Å². The van der Waals surface area contributed by atoms with E-state index in [1.165, 1.54) is 12.8 Å². The Labute approximate surface area is 211 Å². The summed E-state index contributed by atoms with van der Waals surface area (Å²) in [6.07, 6.45) is 9.22. The Morgan fingerprint density at radius 2 is 1.83 bits per heavy atom. The van der Waals surface area contributed by atoms with Crippen LogP contribution in [0.15, 0.2) is 0 Å². The number of nitrogens with one attached hydrogen (secondary N) is 1. The third-order valence-electron chi connectivity index (χ3n) is 11.2. The van der Waals surface area contributed by atoms with Crippen LogP contribution in [0.4, 0.5) is 0 Å². The lowest BCUT2D eigenvalue weighted by atomic mass is 9.43. The van der Waals surface area contributed by atoms with Gasteiger partial charge in [0.1, 0.15) is 0 Å². The van der Waals surface area contributed by atoms with Gasteiger partial charge in [0, 0.05) is 18.7 Å². The van der Waals surface area contributed by atoms with Gasteiger partial charge in [-0.15, -0.1) is 0 Å². The number of fused-ring (bicyclic) bond motifs is 5. The molecule has 0 aromatic heterocycles. The molecule has 7 nitrogen and oxygen atoms in total. The summed E-state index contributed by atoms with van der Waals surface area (Å²) in [5.74, 6) is 2.45. The predicted molar refractivity (Wildman–Crippen MR) is 133 cm³/mol. The van der Waals surface area contributed by atoms with Crippen LogP contribution in [0.3, 0.4) is 0 Å². The fraction of sp³-hybridized carbons (Fsp3) is 0.963. The number of hydrogen-bond acceptors (Lipinski definition) is 6. The molecule has 4 aliphatic carbocycles. The molecule has 4 fully saturated rings. The van der Waals surface area contributed by atoms with E-state index in [4.69, 9.17) is 0 Å². The summed E-state index contributed by atoms with van der Waals surface area (Å²) in [7, 11) is -4.24. The smallest absolute Gasteiger partial charge is 0.220 e. The Balaban J connectivity index is 1.36. The zero-order valence-corrected chi connectivity index (χ0v) is 22.6. The Kier molecular flexibility index (Phi) is 7.98. The monoisotopic (exact) mass is 512 g/mol. The van der Waals surface area contributed by atoms with Crippen LogP contribution in [0, 0.1) is 46.3 Å². The zero-order valence-electron chi connectivity index (χ0n) is 21.7. The first-order valence-electron chi connectivity index (χ1n) is 13.9. The predicted octanol–water partition coefficient (Wildman–Crippen LogP) is 3.44. The summed E-state index contributed by atoms with van der Waals surface area (Å²) in [6, 6.07) is 0. The van der Waals surface area contributed by atoms with Gasteiger partial charge in [0.2, 0.25) is 5.91 Å². The first kappa shape index (κ1) is 27.3. The molecule has 4 saturated carbocycles. The summed E-state index contributed by atoms with van der Waals surface area (Å²) in [5.41, 5.74) is 0.120. The van der Waals surface area contributed by atoms with E-state index in [1.54, 1.807) is 0 Å². The first-order valence-corrected chi connectivity index (χ1v) is 15.5. The second kappa shape index (κ2) is 10.2. The van der Waals surface area contributed by atoms with Gasteiger partial charge in [-0.25, -0.2) is 8.42 Å². The Morgan fingerprint density at radius 1 is 1.09 bits per heavy atom. The quantitative estimate of drug-likeness (QED) is 0.338. The normalized spacial score (nSPS) is 44.1. The van der Waals surface area contributed by atoms with Crippen LogP contribution in [-0.4, -0.2) is 53.6 Å². The third kappa shape index (κ3) is 5.32. The summed E-state index contributed by atoms with van der Waals surface area (Å²) in [6.45, 7) is 7.18. The molecule has 202 valence electrons. The van der Waals surface area contributed by atoms with Gasteiger partial charge in [0.15, 0.2) is 0 Å². The van der Waals surface area contributed by atoms with Crippen LogP contribution in [0.5, 0.6) is 0 Å². The maximum Gasteiger partial charge on any atom is 0.220 e. The molecular formula is C27H46NO6S-. The van der Waals surface area contributed by atoms with Crippen LogP contribution >= 0.6 is 0 Å². The van der Waals surface area contributed by atoms with E-state index in [0.717, 1.165) is 44.9 Å². The Hall–Kier alpha value is -0.700. The lowest BCUT2D eigenvalue weighted by molar-refractivity contribution is -0.174. The average molecular weight is 513 g/mol. The summed E-state index contributed by atoms with van der Waals surface area (Å²) in [5, 5.41) is 24.6. The van der Waals surface area contributed by atoms with E-state index in [-0.39, 0.29) is 41.9 Å². The average Bonchev–Trinajstić information content (AvgIpc) is 3.14. The van der Waals surface area contributed by atoms with Gasteiger partial charge >= 0.3 is 0 Å². The number of carbonyl (C=O) groups is 1. The van der Waals surface area contributed by atoms with Crippen molar-refractivity contribution in [1.29, 1.82) is 0 Å². The van der Waals surface area contributed by atoms with Crippen molar-refractivity contribution in [3.63, 3.8) is 0 Å². The van der Waals surface area contributed by atoms with Gasteiger partial charge in [0.05, 0.1) is 22.3 Å². The van der Waals surface area contributed by atoms with Gasteiger partial charge < -0.3 is 20.1 Å². The van der Waals surface area contributed by atoms with Crippen LogP contribution in [0.2, 0.25) is 0 Å². The molecule has 3 N–H and O–H groups in total. The molecule has 0 unspecified atom stereocenters. The molecule has 0 aromatic carbocycles. The van der Waals surface area contributed by atoms with Crippen molar-refractivity contribution < 1.29 is 28.0 Å². The molecular weight excluding hydrogens is 466 g/mol. The SMILES string of the molecule is C[C@H](CCC(=O)NCCCS(=O)(=O)[O-])[C@H]1CC[C@H]2[C@@H]3CC[C@@H]4C[C@H](O)CC[C@]4(C)[C@H]3C[C@H](O)[C@]12C. The molecule has 0 aliphatic heterocycles. The number of rotatable bonds is 8. The van der Waals surface area contributed by atoms with E-state index in [9.17, 15) is 28.0 Å². The van der Waals surface area contributed by atoms with Gasteiger partial charge in [-0.2, -0.15) is 0 Å². The van der Waals surface area contributed by atoms with Gasteiger partial charge in [-0.3, -0.25) is 4.79 Å². The van der Waals surface area contributed by atoms with Crippen molar-refractivity contribution in [3.8, 4) is 0 Å². The lowest BCUT2D eigenvalue weighted by Crippen LogP contribution is -2.58. The highest BCUT2D eigenvalue weighted by Crippen LogP contribution is 2.68. The minimum absolute atomic E-state index is 0.102. The minimum atomic E-state index is -4.24. The van der Waals surface area contributed by atoms with Crippen molar-refractivity contribution in [1.82, 2.24) is 5.32 Å². The number of carbonyl (C=O) groups excluding carboxylic acids is 1. The molecule has 35 heavy (non-hydrogen) atoms. The maximum absolute atomic E-state index is 12.3. The van der Waals surface area contributed by atoms with Gasteiger partial charge in [-0.05, 0) is 111 Å². The van der Waals surface area contributed by atoms with Crippen molar-refractivity contribution in [2.24, 2.45) is 46.3 Å². The molecule has 0 radical (unpaired) electrons. The molecule has 0 saturated heterocycles. The lowest BCUT2D eigenvalue weighted by Gasteiger charge is -2.62. The second-order valence-electron chi connectivity index (χ2n) is 12.9. The molecule has 0 spiro atoms. The molecule has 0 heterocycles. The molecule has 8 heteroatoms.